The molecule has 0 unspecified atom stereocenters. The second-order valence-electron chi connectivity index (χ2n) is 7.54. The Balaban J connectivity index is 1.53. The summed E-state index contributed by atoms with van der Waals surface area (Å²) in [6.07, 6.45) is 1.97. The first-order valence-electron chi connectivity index (χ1n) is 10.5. The Morgan fingerprint density at radius 2 is 1.84 bits per heavy atom. The third kappa shape index (κ3) is 5.34. The van der Waals surface area contributed by atoms with Crippen LogP contribution in [-0.4, -0.2) is 53.4 Å². The Labute approximate surface area is 214 Å². The van der Waals surface area contributed by atoms with E-state index in [1.807, 2.05) is 0 Å². The number of aromatic nitrogens is 3. The molecule has 0 aliphatic carbocycles. The van der Waals surface area contributed by atoms with Crippen molar-refractivity contribution in [2.75, 3.05) is 17.7 Å². The van der Waals surface area contributed by atoms with Gasteiger partial charge in [0.25, 0.3) is 9.84 Å². The lowest BCUT2D eigenvalue weighted by molar-refractivity contribution is 0.0690. The molecule has 190 valence electrons. The highest BCUT2D eigenvalue weighted by molar-refractivity contribution is 7.93. The van der Waals surface area contributed by atoms with Crippen LogP contribution in [0.25, 0.3) is 0 Å². The van der Waals surface area contributed by atoms with E-state index < -0.39 is 32.7 Å². The van der Waals surface area contributed by atoms with E-state index in [0.29, 0.717) is 22.6 Å². The number of imidazole rings is 1. The molecule has 4 N–H and O–H groups in total. The van der Waals surface area contributed by atoms with Crippen molar-refractivity contribution in [1.82, 2.24) is 15.0 Å². The smallest absolute Gasteiger partial charge is 0.356 e. The molecule has 0 radical (unpaired) electrons. The van der Waals surface area contributed by atoms with Crippen LogP contribution in [0.5, 0.6) is 5.75 Å². The average molecular weight is 542 g/mol. The average Bonchev–Trinajstić information content (AvgIpc) is 3.56. The molecule has 4 rings (SSSR count). The number of hydrogen-bond acceptors (Lipinski definition) is 9. The van der Waals surface area contributed by atoms with Gasteiger partial charge in [-0.25, -0.2) is 28.0 Å². The lowest BCUT2D eigenvalue weighted by Gasteiger charge is -2.13. The number of H-pyrrole nitrogens is 1. The number of hydrogen-bond donors (Lipinski definition) is 4. The second kappa shape index (κ2) is 10.2. The van der Waals surface area contributed by atoms with Crippen LogP contribution in [0, 0.1) is 6.92 Å². The fourth-order valence-corrected chi connectivity index (χ4v) is 5.54. The Hall–Kier alpha value is -4.56. The number of benzene rings is 2. The Morgan fingerprint density at radius 1 is 1.08 bits per heavy atom. The number of sulfone groups is 1. The molecule has 0 fully saturated rings. The number of para-hydroxylation sites is 1. The van der Waals surface area contributed by atoms with Crippen LogP contribution >= 0.6 is 11.3 Å². The lowest BCUT2D eigenvalue weighted by atomic mass is 9.99. The molecular formula is C23H19N5O7S2. The Bertz CT molecular complexity index is 1630. The van der Waals surface area contributed by atoms with Crippen LogP contribution in [0.3, 0.4) is 0 Å². The van der Waals surface area contributed by atoms with Gasteiger partial charge < -0.3 is 20.1 Å². The van der Waals surface area contributed by atoms with Crippen LogP contribution in [0.15, 0.2) is 64.2 Å². The summed E-state index contributed by atoms with van der Waals surface area (Å²) in [5.74, 6) is -1.37. The van der Waals surface area contributed by atoms with E-state index in [-0.39, 0.29) is 26.4 Å². The molecule has 0 bridgehead atoms. The third-order valence-corrected chi connectivity index (χ3v) is 7.99. The van der Waals surface area contributed by atoms with Crippen LogP contribution in [0.1, 0.15) is 32.0 Å². The molecule has 0 aliphatic rings. The molecule has 0 aliphatic heterocycles. The molecule has 2 heterocycles. The molecule has 2 aromatic carbocycles. The maximum absolute atomic E-state index is 13.3. The monoisotopic (exact) mass is 541 g/mol. The zero-order chi connectivity index (χ0) is 26.7. The molecule has 37 heavy (non-hydrogen) atoms. The molecule has 2 amide bonds. The predicted molar refractivity (Wildman–Crippen MR) is 133 cm³/mol. The number of anilines is 2. The van der Waals surface area contributed by atoms with Crippen molar-refractivity contribution in [3.05, 3.63) is 77.2 Å². The fourth-order valence-electron chi connectivity index (χ4n) is 3.27. The Kier molecular flexibility index (Phi) is 7.04. The highest BCUT2D eigenvalue weighted by Crippen LogP contribution is 2.29. The number of carboxylic acid groups (broad SMARTS) is 1. The summed E-state index contributed by atoms with van der Waals surface area (Å²) in [5, 5.41) is 13.4. The first-order valence-corrected chi connectivity index (χ1v) is 12.8. The van der Waals surface area contributed by atoms with E-state index in [4.69, 9.17) is 9.84 Å². The Morgan fingerprint density at radius 3 is 2.54 bits per heavy atom. The number of aromatic carboxylic acids is 1. The van der Waals surface area contributed by atoms with E-state index in [9.17, 15) is 22.8 Å². The zero-order valence-corrected chi connectivity index (χ0v) is 20.9. The first-order chi connectivity index (χ1) is 17.6. The van der Waals surface area contributed by atoms with Gasteiger partial charge in [-0.3, -0.25) is 10.1 Å². The molecule has 4 aromatic rings. The topological polar surface area (TPSA) is 180 Å². The number of nitrogens with zero attached hydrogens (tertiary/aromatic N) is 2. The van der Waals surface area contributed by atoms with Crippen molar-refractivity contribution in [3.8, 4) is 5.75 Å². The molecule has 0 atom stereocenters. The van der Waals surface area contributed by atoms with Crippen molar-refractivity contribution in [2.45, 2.75) is 16.3 Å². The number of ether oxygens (including phenoxy) is 1. The normalized spacial score (nSPS) is 11.1. The highest BCUT2D eigenvalue weighted by Gasteiger charge is 2.26. The number of aryl methyl sites for hydroxylation is 1. The summed E-state index contributed by atoms with van der Waals surface area (Å²) in [6, 6.07) is 10.9. The molecule has 14 heteroatoms. The maximum Gasteiger partial charge on any atom is 0.356 e. The van der Waals surface area contributed by atoms with Gasteiger partial charge in [-0.2, -0.15) is 0 Å². The molecular weight excluding hydrogens is 522 g/mol. The fraction of sp³-hybridized carbons (Fsp3) is 0.0870. The second-order valence-corrected chi connectivity index (χ2v) is 10.7. The number of thiazole rings is 1. The van der Waals surface area contributed by atoms with Gasteiger partial charge in [0.1, 0.15) is 9.96 Å². The minimum absolute atomic E-state index is 0.0502. The van der Waals surface area contributed by atoms with Crippen molar-refractivity contribution in [3.63, 3.8) is 0 Å². The number of carbonyl (C=O) groups excluding carboxylic acids is 2. The standard InChI is InChI=1S/C23H19N5O7S2/c1-12-7-8-15(14(9-12)19(29)13-5-3-4-6-17(13)35-2)26-21(32)28-22-24-11-18(36-22)37(33,34)23-25-10-16(27-23)20(30)31/h3-11H,1-2H3,(H,25,27)(H,30,31)(H2,24,26,28,32). The quantitative estimate of drug-likeness (QED) is 0.242. The third-order valence-electron chi connectivity index (χ3n) is 5.02. The molecule has 12 nitrogen and oxygen atoms in total. The van der Waals surface area contributed by atoms with E-state index >= 15 is 0 Å². The van der Waals surface area contributed by atoms with Gasteiger partial charge >= 0.3 is 12.0 Å². The van der Waals surface area contributed by atoms with Gasteiger partial charge in [0.05, 0.1) is 24.6 Å². The van der Waals surface area contributed by atoms with Gasteiger partial charge in [0.15, 0.2) is 16.6 Å². The number of urea groups is 1. The van der Waals surface area contributed by atoms with Gasteiger partial charge in [-0.15, -0.1) is 0 Å². The van der Waals surface area contributed by atoms with Crippen LogP contribution in [-0.2, 0) is 9.84 Å². The number of amides is 2. The highest BCUT2D eigenvalue weighted by atomic mass is 32.2. The minimum atomic E-state index is -4.19. The van der Waals surface area contributed by atoms with Crippen LogP contribution in [0.2, 0.25) is 0 Å². The minimum Gasteiger partial charge on any atom is -0.496 e. The summed E-state index contributed by atoms with van der Waals surface area (Å²) < 4.78 is 30.4. The predicted octanol–water partition coefficient (Wildman–Crippen LogP) is 3.59. The molecule has 0 spiro atoms. The summed E-state index contributed by atoms with van der Waals surface area (Å²) >= 11 is 0.644. The first kappa shape index (κ1) is 25.5. The lowest BCUT2D eigenvalue weighted by Crippen LogP contribution is -2.21. The van der Waals surface area contributed by atoms with Crippen molar-refractivity contribution < 1.29 is 32.6 Å². The molecule has 2 aromatic heterocycles. The van der Waals surface area contributed by atoms with Gasteiger partial charge in [0, 0.05) is 11.8 Å². The van der Waals surface area contributed by atoms with Crippen molar-refractivity contribution in [2.24, 2.45) is 0 Å². The summed E-state index contributed by atoms with van der Waals surface area (Å²) in [6.45, 7) is 1.80. The summed E-state index contributed by atoms with van der Waals surface area (Å²) in [7, 11) is -2.73. The number of nitrogens with one attached hydrogen (secondary N) is 3. The molecule has 0 saturated carbocycles. The van der Waals surface area contributed by atoms with Gasteiger partial charge in [-0.05, 0) is 31.2 Å². The number of ketones is 1. The van der Waals surface area contributed by atoms with Crippen LogP contribution in [0.4, 0.5) is 15.6 Å². The maximum atomic E-state index is 13.3. The number of carboxylic acids is 1. The number of rotatable bonds is 8. The number of carbonyl (C=O) groups is 3. The number of aromatic amines is 1. The van der Waals surface area contributed by atoms with E-state index in [0.717, 1.165) is 18.0 Å². The van der Waals surface area contributed by atoms with E-state index in [2.05, 4.69) is 25.6 Å². The molecule has 0 saturated heterocycles. The van der Waals surface area contributed by atoms with Crippen molar-refractivity contribution >= 4 is 49.8 Å². The van der Waals surface area contributed by atoms with Gasteiger partial charge in [-0.1, -0.05) is 35.1 Å². The van der Waals surface area contributed by atoms with E-state index in [1.165, 1.54) is 7.11 Å². The number of methoxy groups -OCH3 is 1. The van der Waals surface area contributed by atoms with E-state index in [1.54, 1.807) is 49.4 Å². The summed E-state index contributed by atoms with van der Waals surface area (Å²) in [4.78, 5) is 46.7. The largest absolute Gasteiger partial charge is 0.496 e. The van der Waals surface area contributed by atoms with Crippen molar-refractivity contribution in [1.29, 1.82) is 0 Å². The summed E-state index contributed by atoms with van der Waals surface area (Å²) in [5.41, 5.74) is 1.10. The van der Waals surface area contributed by atoms with Crippen LogP contribution < -0.4 is 15.4 Å². The van der Waals surface area contributed by atoms with Gasteiger partial charge in [0.2, 0.25) is 5.16 Å². The zero-order valence-electron chi connectivity index (χ0n) is 19.3. The SMILES string of the molecule is COc1ccccc1C(=O)c1cc(C)ccc1NC(=O)Nc1ncc(S(=O)(=O)c2nc(C(=O)O)c[nH]2)s1.